The third-order valence-corrected chi connectivity index (χ3v) is 4.88. The molecule has 2 unspecified atom stereocenters. The van der Waals surface area contributed by atoms with Crippen LogP contribution in [0.15, 0.2) is 0 Å². The molecule has 2 atom stereocenters. The quantitative estimate of drug-likeness (QED) is 0.630. The molecule has 0 spiro atoms. The molecule has 0 radical (unpaired) electrons. The van der Waals surface area contributed by atoms with Crippen molar-refractivity contribution < 1.29 is 19.8 Å². The van der Waals surface area contributed by atoms with E-state index >= 15 is 0 Å². The lowest BCUT2D eigenvalue weighted by Crippen LogP contribution is -2.61. The minimum atomic E-state index is -1.17. The minimum absolute atomic E-state index is 0.239. The van der Waals surface area contributed by atoms with Gasteiger partial charge in [-0.15, -0.1) is 0 Å². The van der Waals surface area contributed by atoms with Crippen molar-refractivity contribution in [2.75, 3.05) is 13.2 Å². The predicted molar refractivity (Wildman–Crippen MR) is 88.4 cm³/mol. The smallest absolute Gasteiger partial charge is 0.238 e. The highest BCUT2D eigenvalue weighted by atomic mass is 16.3. The summed E-state index contributed by atoms with van der Waals surface area (Å²) in [6, 6.07) is -1.02. The van der Waals surface area contributed by atoms with Gasteiger partial charge in [0.25, 0.3) is 0 Å². The fraction of sp³-hybridized carbons (Fsp3) is 0.882. The molecule has 0 aromatic rings. The Morgan fingerprint density at radius 3 is 1.52 bits per heavy atom. The van der Waals surface area contributed by atoms with Crippen molar-refractivity contribution >= 4 is 11.8 Å². The fourth-order valence-electron chi connectivity index (χ4n) is 3.00. The Kier molecular flexibility index (Phi) is 5.54. The maximum atomic E-state index is 13.2. The number of carbonyl (C=O) groups is 2. The summed E-state index contributed by atoms with van der Waals surface area (Å²) in [5.74, 6) is -0.989. The van der Waals surface area contributed by atoms with E-state index in [1.54, 1.807) is 0 Å². The van der Waals surface area contributed by atoms with E-state index in [0.29, 0.717) is 12.8 Å². The molecule has 1 fully saturated rings. The first-order chi connectivity index (χ1) is 10.3. The Morgan fingerprint density at radius 2 is 1.35 bits per heavy atom. The van der Waals surface area contributed by atoms with Gasteiger partial charge in [0.05, 0.1) is 25.3 Å². The Hall–Kier alpha value is -1.14. The van der Waals surface area contributed by atoms with Gasteiger partial charge in [-0.05, 0) is 23.7 Å². The summed E-state index contributed by atoms with van der Waals surface area (Å²) >= 11 is 0. The first kappa shape index (κ1) is 19.9. The number of primary amides is 1. The maximum Gasteiger partial charge on any atom is 0.238 e. The van der Waals surface area contributed by atoms with E-state index in [0.717, 1.165) is 0 Å². The number of amides is 2. The van der Waals surface area contributed by atoms with Crippen LogP contribution in [0.5, 0.6) is 0 Å². The van der Waals surface area contributed by atoms with Crippen molar-refractivity contribution in [3.63, 3.8) is 0 Å². The molecule has 4 N–H and O–H groups in total. The van der Waals surface area contributed by atoms with Gasteiger partial charge in [-0.25, -0.2) is 0 Å². The van der Waals surface area contributed by atoms with Crippen LogP contribution in [-0.4, -0.2) is 52.2 Å². The van der Waals surface area contributed by atoms with Crippen molar-refractivity contribution in [3.8, 4) is 0 Å². The number of aliphatic hydroxyl groups excluding tert-OH is 2. The number of nitrogens with two attached hydrogens (primary N) is 1. The molecule has 6 nitrogen and oxygen atoms in total. The van der Waals surface area contributed by atoms with Gasteiger partial charge in [0.2, 0.25) is 11.8 Å². The van der Waals surface area contributed by atoms with Crippen molar-refractivity contribution in [3.05, 3.63) is 0 Å². The minimum Gasteiger partial charge on any atom is -0.394 e. The van der Waals surface area contributed by atoms with Crippen LogP contribution in [0, 0.1) is 16.2 Å². The Balaban J connectivity index is 3.37. The monoisotopic (exact) mass is 328 g/mol. The number of nitrogens with zero attached hydrogens (tertiary/aromatic N) is 1. The molecule has 1 saturated carbocycles. The van der Waals surface area contributed by atoms with Crippen LogP contribution < -0.4 is 5.73 Å². The lowest BCUT2D eigenvalue weighted by Gasteiger charge is -2.48. The highest BCUT2D eigenvalue weighted by Gasteiger charge is 2.59. The van der Waals surface area contributed by atoms with E-state index in [-0.39, 0.29) is 19.1 Å². The molecule has 1 aliphatic carbocycles. The molecule has 0 bridgehead atoms. The molecule has 0 aromatic heterocycles. The van der Waals surface area contributed by atoms with Crippen LogP contribution in [0.2, 0.25) is 0 Å². The zero-order valence-electron chi connectivity index (χ0n) is 15.2. The summed E-state index contributed by atoms with van der Waals surface area (Å²) in [5.41, 5.74) is 3.48. The summed E-state index contributed by atoms with van der Waals surface area (Å²) in [6.07, 6.45) is 0.866. The van der Waals surface area contributed by atoms with E-state index in [2.05, 4.69) is 0 Å². The SMILES string of the molecule is CC(C)(C)C(CO)N(C(=O)C1(C(N)=O)CC1)C(CO)C(C)(C)C. The molecule has 6 heteroatoms. The largest absolute Gasteiger partial charge is 0.394 e. The molecule has 2 amide bonds. The van der Waals surface area contributed by atoms with Gasteiger partial charge in [-0.1, -0.05) is 41.5 Å². The van der Waals surface area contributed by atoms with Crippen LogP contribution in [0.1, 0.15) is 54.4 Å². The maximum absolute atomic E-state index is 13.2. The van der Waals surface area contributed by atoms with Gasteiger partial charge in [-0.2, -0.15) is 0 Å². The topological polar surface area (TPSA) is 104 Å². The van der Waals surface area contributed by atoms with Crippen LogP contribution >= 0.6 is 0 Å². The van der Waals surface area contributed by atoms with E-state index in [1.165, 1.54) is 4.90 Å². The zero-order valence-corrected chi connectivity index (χ0v) is 15.2. The zero-order chi connectivity index (χ0) is 18.2. The van der Waals surface area contributed by atoms with Crippen LogP contribution in [0.4, 0.5) is 0 Å². The molecule has 1 aliphatic rings. The van der Waals surface area contributed by atoms with Crippen molar-refractivity contribution in [1.82, 2.24) is 4.90 Å². The van der Waals surface area contributed by atoms with Gasteiger partial charge in [-0.3, -0.25) is 9.59 Å². The number of hydrogen-bond acceptors (Lipinski definition) is 4. The highest BCUT2D eigenvalue weighted by Crippen LogP contribution is 2.49. The third-order valence-electron chi connectivity index (χ3n) is 4.88. The normalized spacial score (nSPS) is 19.8. The molecule has 0 saturated heterocycles. The predicted octanol–water partition coefficient (Wildman–Crippen LogP) is 0.894. The van der Waals surface area contributed by atoms with E-state index in [1.807, 2.05) is 41.5 Å². The van der Waals surface area contributed by atoms with E-state index < -0.39 is 34.2 Å². The lowest BCUT2D eigenvalue weighted by atomic mass is 9.79. The first-order valence-electron chi connectivity index (χ1n) is 8.17. The van der Waals surface area contributed by atoms with Gasteiger partial charge in [0, 0.05) is 0 Å². The summed E-state index contributed by atoms with van der Waals surface area (Å²) in [7, 11) is 0. The number of aliphatic hydroxyl groups is 2. The van der Waals surface area contributed by atoms with Gasteiger partial charge in [0.15, 0.2) is 0 Å². The van der Waals surface area contributed by atoms with Gasteiger partial charge < -0.3 is 20.8 Å². The second-order valence-corrected chi connectivity index (χ2v) is 8.79. The van der Waals surface area contributed by atoms with Crippen LogP contribution in [0.25, 0.3) is 0 Å². The van der Waals surface area contributed by atoms with E-state index in [9.17, 15) is 19.8 Å². The molecule has 134 valence electrons. The average molecular weight is 328 g/mol. The summed E-state index contributed by atoms with van der Waals surface area (Å²) in [4.78, 5) is 26.5. The van der Waals surface area contributed by atoms with Gasteiger partial charge >= 0.3 is 0 Å². The molecular formula is C17H32N2O4. The third kappa shape index (κ3) is 3.86. The molecule has 0 heterocycles. The average Bonchev–Trinajstić information content (AvgIpc) is 3.16. The number of hydrogen-bond donors (Lipinski definition) is 3. The standard InChI is InChI=1S/C17H32N2O4/c1-15(2,3)11(9-20)19(12(10-21)16(4,5)6)14(23)17(7-8-17)13(18)22/h11-12,20-21H,7-10H2,1-6H3,(H2,18,22). The molecule has 1 rings (SSSR count). The molecule has 0 aliphatic heterocycles. The summed E-state index contributed by atoms with van der Waals surface area (Å²) < 4.78 is 0. The van der Waals surface area contributed by atoms with Crippen molar-refractivity contribution in [2.45, 2.75) is 66.5 Å². The Morgan fingerprint density at radius 1 is 1.00 bits per heavy atom. The number of carbonyl (C=O) groups excluding carboxylic acids is 2. The second kappa shape index (κ2) is 6.40. The van der Waals surface area contributed by atoms with Crippen molar-refractivity contribution in [2.24, 2.45) is 22.0 Å². The Labute approximate surface area is 139 Å². The number of rotatable bonds is 6. The first-order valence-corrected chi connectivity index (χ1v) is 8.17. The highest BCUT2D eigenvalue weighted by molar-refractivity contribution is 6.07. The fourth-order valence-corrected chi connectivity index (χ4v) is 3.00. The van der Waals surface area contributed by atoms with Crippen LogP contribution in [0.3, 0.4) is 0 Å². The molecule has 0 aromatic carbocycles. The lowest BCUT2D eigenvalue weighted by molar-refractivity contribution is -0.156. The molecular weight excluding hydrogens is 296 g/mol. The van der Waals surface area contributed by atoms with Crippen LogP contribution in [-0.2, 0) is 9.59 Å². The van der Waals surface area contributed by atoms with E-state index in [4.69, 9.17) is 5.73 Å². The second-order valence-electron chi connectivity index (χ2n) is 8.79. The summed E-state index contributed by atoms with van der Waals surface area (Å²) in [5, 5.41) is 19.8. The van der Waals surface area contributed by atoms with Crippen molar-refractivity contribution in [1.29, 1.82) is 0 Å². The summed E-state index contributed by atoms with van der Waals surface area (Å²) in [6.45, 7) is 11.1. The van der Waals surface area contributed by atoms with Gasteiger partial charge in [0.1, 0.15) is 5.41 Å². The Bertz CT molecular complexity index is 436. The molecule has 23 heavy (non-hydrogen) atoms.